The van der Waals surface area contributed by atoms with Gasteiger partial charge in [0, 0.05) is 5.41 Å². The molecule has 1 unspecified atom stereocenters. The van der Waals surface area contributed by atoms with Gasteiger partial charge in [-0.25, -0.2) is 9.37 Å². The van der Waals surface area contributed by atoms with Crippen LogP contribution in [0.25, 0.3) is 0 Å². The fourth-order valence-corrected chi connectivity index (χ4v) is 0.978. The van der Waals surface area contributed by atoms with Gasteiger partial charge in [-0.15, -0.1) is 0 Å². The van der Waals surface area contributed by atoms with Gasteiger partial charge in [0.25, 0.3) is 0 Å². The molecule has 0 aliphatic rings. The summed E-state index contributed by atoms with van der Waals surface area (Å²) < 4.78 is 17.6. The topological polar surface area (TPSA) is 35.0 Å². The van der Waals surface area contributed by atoms with Crippen molar-refractivity contribution in [1.82, 2.24) is 9.97 Å². The van der Waals surface area contributed by atoms with E-state index in [-0.39, 0.29) is 12.0 Å². The van der Waals surface area contributed by atoms with Crippen LogP contribution >= 0.6 is 0 Å². The average molecular weight is 212 g/mol. The Bertz CT molecular complexity index is 303. The maximum absolute atomic E-state index is 12.5. The van der Waals surface area contributed by atoms with Gasteiger partial charge in [-0.05, 0) is 6.92 Å². The van der Waals surface area contributed by atoms with E-state index in [1.807, 2.05) is 0 Å². The maximum atomic E-state index is 12.5. The smallest absolute Gasteiger partial charge is 0.232 e. The minimum absolute atomic E-state index is 0.0174. The van der Waals surface area contributed by atoms with Gasteiger partial charge in [-0.1, -0.05) is 20.8 Å². The summed E-state index contributed by atoms with van der Waals surface area (Å²) in [5, 5.41) is 0. The molecule has 15 heavy (non-hydrogen) atoms. The van der Waals surface area contributed by atoms with Gasteiger partial charge in [-0.3, -0.25) is 4.98 Å². The lowest BCUT2D eigenvalue weighted by molar-refractivity contribution is 0.203. The second-order valence-electron chi connectivity index (χ2n) is 4.58. The van der Waals surface area contributed by atoms with Crippen LogP contribution in [0.2, 0.25) is 0 Å². The third-order valence-electron chi connectivity index (χ3n) is 1.86. The van der Waals surface area contributed by atoms with Gasteiger partial charge < -0.3 is 4.74 Å². The van der Waals surface area contributed by atoms with Gasteiger partial charge in [0.05, 0.1) is 18.1 Å². The third-order valence-corrected chi connectivity index (χ3v) is 1.86. The summed E-state index contributed by atoms with van der Waals surface area (Å²) in [6, 6.07) is 0. The molecule has 0 fully saturated rings. The fraction of sp³-hybridized carbons (Fsp3) is 0.636. The first-order valence-electron chi connectivity index (χ1n) is 4.99. The predicted octanol–water partition coefficient (Wildman–Crippen LogP) is 2.51. The monoisotopic (exact) mass is 212 g/mol. The lowest BCUT2D eigenvalue weighted by Gasteiger charge is -2.16. The summed E-state index contributed by atoms with van der Waals surface area (Å²) in [5.41, 5.74) is 0.863. The second-order valence-corrected chi connectivity index (χ2v) is 4.58. The van der Waals surface area contributed by atoms with Crippen molar-refractivity contribution in [2.24, 2.45) is 0 Å². The number of halogens is 1. The van der Waals surface area contributed by atoms with E-state index in [0.717, 1.165) is 5.69 Å². The molecule has 0 spiro atoms. The Hall–Kier alpha value is -1.19. The highest BCUT2D eigenvalue weighted by Crippen LogP contribution is 2.19. The zero-order valence-electron chi connectivity index (χ0n) is 9.62. The Morgan fingerprint density at radius 2 is 2.00 bits per heavy atom. The second kappa shape index (κ2) is 4.55. The number of nitrogens with zero attached hydrogens (tertiary/aromatic N) is 2. The number of aromatic nitrogens is 2. The molecular weight excluding hydrogens is 195 g/mol. The van der Waals surface area contributed by atoms with Crippen molar-refractivity contribution in [3.63, 3.8) is 0 Å². The SMILES string of the molecule is CC(F)COc1cnc(C(C)(C)C)cn1. The van der Waals surface area contributed by atoms with E-state index in [1.54, 1.807) is 6.20 Å². The Morgan fingerprint density at radius 3 is 2.40 bits per heavy atom. The van der Waals surface area contributed by atoms with Crippen LogP contribution in [0.3, 0.4) is 0 Å². The summed E-state index contributed by atoms with van der Waals surface area (Å²) in [6.45, 7) is 7.63. The standard InChI is InChI=1S/C11H17FN2O/c1-8(12)7-15-10-6-13-9(5-14-10)11(2,3)4/h5-6,8H,7H2,1-4H3. The van der Waals surface area contributed by atoms with Crippen LogP contribution in [0.5, 0.6) is 5.88 Å². The van der Waals surface area contributed by atoms with E-state index >= 15 is 0 Å². The maximum Gasteiger partial charge on any atom is 0.232 e. The zero-order valence-corrected chi connectivity index (χ0v) is 9.62. The van der Waals surface area contributed by atoms with E-state index in [9.17, 15) is 4.39 Å². The minimum Gasteiger partial charge on any atom is -0.473 e. The molecule has 0 aromatic carbocycles. The van der Waals surface area contributed by atoms with Crippen molar-refractivity contribution >= 4 is 0 Å². The molecule has 0 amide bonds. The number of rotatable bonds is 3. The fourth-order valence-electron chi connectivity index (χ4n) is 0.978. The van der Waals surface area contributed by atoms with Gasteiger partial charge >= 0.3 is 0 Å². The Balaban J connectivity index is 2.65. The molecule has 0 N–H and O–H groups in total. The minimum atomic E-state index is -0.992. The highest BCUT2D eigenvalue weighted by Gasteiger charge is 2.15. The van der Waals surface area contributed by atoms with Gasteiger partial charge in [0.1, 0.15) is 12.8 Å². The summed E-state index contributed by atoms with van der Waals surface area (Å²) in [7, 11) is 0. The molecule has 0 aliphatic heterocycles. The van der Waals surface area contributed by atoms with Crippen molar-refractivity contribution in [2.75, 3.05) is 6.61 Å². The molecule has 4 heteroatoms. The molecule has 0 saturated heterocycles. The number of ether oxygens (including phenoxy) is 1. The summed E-state index contributed by atoms with van der Waals surface area (Å²) in [6.07, 6.45) is 2.20. The Labute approximate surface area is 89.7 Å². The number of hydrogen-bond donors (Lipinski definition) is 0. The molecule has 0 radical (unpaired) electrons. The van der Waals surface area contributed by atoms with Crippen LogP contribution < -0.4 is 4.74 Å². The van der Waals surface area contributed by atoms with Crippen molar-refractivity contribution in [1.29, 1.82) is 0 Å². The van der Waals surface area contributed by atoms with E-state index in [1.165, 1.54) is 13.1 Å². The summed E-state index contributed by atoms with van der Waals surface area (Å²) in [5.74, 6) is 0.368. The molecule has 1 atom stereocenters. The molecule has 1 rings (SSSR count). The summed E-state index contributed by atoms with van der Waals surface area (Å²) >= 11 is 0. The van der Waals surface area contributed by atoms with Crippen molar-refractivity contribution in [3.05, 3.63) is 18.1 Å². The highest BCUT2D eigenvalue weighted by molar-refractivity contribution is 5.13. The first-order chi connectivity index (χ1) is 6.89. The Morgan fingerprint density at radius 1 is 1.33 bits per heavy atom. The largest absolute Gasteiger partial charge is 0.473 e. The highest BCUT2D eigenvalue weighted by atomic mass is 19.1. The van der Waals surface area contributed by atoms with Gasteiger partial charge in [0.2, 0.25) is 5.88 Å². The van der Waals surface area contributed by atoms with E-state index in [0.29, 0.717) is 5.88 Å². The molecule has 0 bridgehead atoms. The quantitative estimate of drug-likeness (QED) is 0.772. The molecule has 1 aromatic rings. The van der Waals surface area contributed by atoms with Crippen molar-refractivity contribution in [2.45, 2.75) is 39.3 Å². The lowest BCUT2D eigenvalue weighted by atomic mass is 9.93. The first kappa shape index (κ1) is 11.9. The first-order valence-corrected chi connectivity index (χ1v) is 4.99. The zero-order chi connectivity index (χ0) is 11.5. The number of hydrogen-bond acceptors (Lipinski definition) is 3. The molecule has 84 valence electrons. The lowest BCUT2D eigenvalue weighted by Crippen LogP contribution is -2.15. The van der Waals surface area contributed by atoms with Gasteiger partial charge in [0.15, 0.2) is 0 Å². The normalized spacial score (nSPS) is 13.7. The number of alkyl halides is 1. The van der Waals surface area contributed by atoms with Crippen LogP contribution in [0.15, 0.2) is 12.4 Å². The van der Waals surface area contributed by atoms with Crippen molar-refractivity contribution in [3.8, 4) is 5.88 Å². The van der Waals surface area contributed by atoms with Crippen LogP contribution in [0.4, 0.5) is 4.39 Å². The Kier molecular flexibility index (Phi) is 3.61. The third kappa shape index (κ3) is 3.81. The molecule has 3 nitrogen and oxygen atoms in total. The van der Waals surface area contributed by atoms with E-state index < -0.39 is 6.17 Å². The van der Waals surface area contributed by atoms with Crippen LogP contribution in [-0.2, 0) is 5.41 Å². The predicted molar refractivity (Wildman–Crippen MR) is 56.8 cm³/mol. The van der Waals surface area contributed by atoms with Crippen LogP contribution in [0.1, 0.15) is 33.4 Å². The van der Waals surface area contributed by atoms with Crippen molar-refractivity contribution < 1.29 is 9.13 Å². The average Bonchev–Trinajstić information content (AvgIpc) is 2.14. The van der Waals surface area contributed by atoms with E-state index in [4.69, 9.17) is 4.74 Å². The molecule has 1 heterocycles. The van der Waals surface area contributed by atoms with E-state index in [2.05, 4.69) is 30.7 Å². The van der Waals surface area contributed by atoms with Gasteiger partial charge in [-0.2, -0.15) is 0 Å². The molecular formula is C11H17FN2O. The summed E-state index contributed by atoms with van der Waals surface area (Å²) in [4.78, 5) is 8.28. The van der Waals surface area contributed by atoms with Crippen LogP contribution in [-0.4, -0.2) is 22.7 Å². The molecule has 0 aliphatic carbocycles. The molecule has 0 saturated carbocycles. The van der Waals surface area contributed by atoms with Crippen LogP contribution in [0, 0.1) is 0 Å². The molecule has 1 aromatic heterocycles.